The highest BCUT2D eigenvalue weighted by atomic mass is 16.5. The lowest BCUT2D eigenvalue weighted by Gasteiger charge is -2.26. The number of ether oxygens (including phenoxy) is 3. The molecule has 6 heterocycles. The molecule has 2 aromatic carbocycles. The van der Waals surface area contributed by atoms with Crippen molar-refractivity contribution < 1.29 is 28.6 Å². The molecule has 20 heteroatoms. The Labute approximate surface area is 368 Å². The quantitative estimate of drug-likeness (QED) is 0.0673. The predicted octanol–water partition coefficient (Wildman–Crippen LogP) is 4.80. The van der Waals surface area contributed by atoms with Gasteiger partial charge in [-0.2, -0.15) is 10.2 Å². The number of morpholine rings is 1. The number of amides is 3. The number of fused-ring (bicyclic) bond motifs is 2. The Bertz CT molecular complexity index is 2840. The summed E-state index contributed by atoms with van der Waals surface area (Å²) in [5.74, 6) is 0.650. The van der Waals surface area contributed by atoms with Crippen molar-refractivity contribution in [2.75, 3.05) is 57.2 Å². The molecule has 8 rings (SSSR count). The van der Waals surface area contributed by atoms with Gasteiger partial charge < -0.3 is 34.1 Å². The molecular formula is C44H52N14O6. The van der Waals surface area contributed by atoms with E-state index in [0.29, 0.717) is 95.3 Å². The van der Waals surface area contributed by atoms with Crippen LogP contribution in [0.3, 0.4) is 0 Å². The molecule has 1 aliphatic rings. The van der Waals surface area contributed by atoms with Gasteiger partial charge in [0.25, 0.3) is 11.8 Å². The molecule has 0 bridgehead atoms. The molecule has 1 fully saturated rings. The zero-order valence-corrected chi connectivity index (χ0v) is 36.6. The van der Waals surface area contributed by atoms with Gasteiger partial charge in [0.05, 0.1) is 49.4 Å². The molecule has 0 radical (unpaired) electrons. The number of nitrogens with two attached hydrogens (primary N) is 1. The average Bonchev–Trinajstić information content (AvgIpc) is 4.14. The van der Waals surface area contributed by atoms with Crippen LogP contribution in [0.5, 0.6) is 11.5 Å². The predicted molar refractivity (Wildman–Crippen MR) is 240 cm³/mol. The van der Waals surface area contributed by atoms with Crippen LogP contribution in [0.25, 0.3) is 33.5 Å². The molecule has 1 aliphatic heterocycles. The molecule has 7 aromatic rings. The van der Waals surface area contributed by atoms with Crippen LogP contribution < -0.4 is 25.8 Å². The number of hydrogen-bond donors (Lipinski definition) is 4. The van der Waals surface area contributed by atoms with Crippen molar-refractivity contribution in [3.63, 3.8) is 0 Å². The first-order chi connectivity index (χ1) is 31.0. The molecule has 0 aliphatic carbocycles. The van der Waals surface area contributed by atoms with Gasteiger partial charge in [-0.05, 0) is 70.5 Å². The fourth-order valence-electron chi connectivity index (χ4n) is 7.90. The van der Waals surface area contributed by atoms with Crippen molar-refractivity contribution in [3.8, 4) is 22.9 Å². The number of methoxy groups -OCH3 is 1. The minimum atomic E-state index is -0.649. The number of nitrogens with zero attached hydrogens (tertiary/aromatic N) is 10. The van der Waals surface area contributed by atoms with Gasteiger partial charge in [-0.25, -0.2) is 15.0 Å². The largest absolute Gasteiger partial charge is 0.494 e. The van der Waals surface area contributed by atoms with Gasteiger partial charge in [-0.3, -0.25) is 39.3 Å². The first-order valence-electron chi connectivity index (χ1n) is 21.3. The summed E-state index contributed by atoms with van der Waals surface area (Å²) in [6.07, 6.45) is 8.06. The maximum absolute atomic E-state index is 13.9. The van der Waals surface area contributed by atoms with E-state index >= 15 is 0 Å². The van der Waals surface area contributed by atoms with E-state index in [0.717, 1.165) is 37.3 Å². The summed E-state index contributed by atoms with van der Waals surface area (Å²) >= 11 is 0. The van der Waals surface area contributed by atoms with Crippen molar-refractivity contribution in [3.05, 3.63) is 89.3 Å². The molecule has 5 aromatic heterocycles. The number of H-pyrrole nitrogens is 1. The van der Waals surface area contributed by atoms with Crippen molar-refractivity contribution >= 4 is 51.7 Å². The van der Waals surface area contributed by atoms with Crippen LogP contribution in [-0.4, -0.2) is 118 Å². The molecular weight excluding hydrogens is 821 g/mol. The van der Waals surface area contributed by atoms with E-state index in [4.69, 9.17) is 29.9 Å². The summed E-state index contributed by atoms with van der Waals surface area (Å²) < 4.78 is 24.8. The molecule has 334 valence electrons. The Morgan fingerprint density at radius 2 is 1.42 bits per heavy atom. The van der Waals surface area contributed by atoms with Gasteiger partial charge in [-0.15, -0.1) is 0 Å². The topological polar surface area (TPSA) is 232 Å². The number of anilines is 2. The Morgan fingerprint density at radius 1 is 0.828 bits per heavy atom. The Hall–Kier alpha value is -7.32. The van der Waals surface area contributed by atoms with E-state index in [1.54, 1.807) is 50.6 Å². The minimum Gasteiger partial charge on any atom is -0.494 e. The standard InChI is InChI=1S/C44H52N14O6/c1-6-57-33(21-27(3)52-57)41(60)50-43-48-31-23-29(39(45)59)25-35(62-5)37(31)55(43)14-8-9-15-56-38-32(49-44(56)51-42(61)34-22-28(4)53-58(34)7-2)24-30(40-46-11-12-47-40)26-36(38)64-18-10-13-54-16-19-63-20-17-54/h8-9,11-12,21-26H,6-7,10,13-20H2,1-5H3,(H2,45,59)(H,46,47)(H,48,50,60)(H,49,51,61)/b9-8+. The molecule has 64 heavy (non-hydrogen) atoms. The van der Waals surface area contributed by atoms with Gasteiger partial charge in [-0.1, -0.05) is 12.2 Å². The first kappa shape index (κ1) is 43.3. The van der Waals surface area contributed by atoms with Crippen LogP contribution in [0.1, 0.15) is 63.0 Å². The summed E-state index contributed by atoms with van der Waals surface area (Å²) in [6.45, 7) is 13.4. The van der Waals surface area contributed by atoms with E-state index < -0.39 is 11.8 Å². The average molecular weight is 873 g/mol. The fourth-order valence-corrected chi connectivity index (χ4v) is 7.90. The molecule has 0 unspecified atom stereocenters. The third-order valence-corrected chi connectivity index (χ3v) is 10.9. The fraction of sp³-hybridized carbons (Fsp3) is 0.364. The van der Waals surface area contributed by atoms with Crippen molar-refractivity contribution in [2.45, 2.75) is 60.3 Å². The number of aryl methyl sites for hydroxylation is 4. The number of primary amides is 1. The lowest BCUT2D eigenvalue weighted by Crippen LogP contribution is -2.37. The number of imidazole rings is 3. The van der Waals surface area contributed by atoms with Gasteiger partial charge in [0, 0.05) is 69.3 Å². The molecule has 20 nitrogen and oxygen atoms in total. The molecule has 0 saturated carbocycles. The van der Waals surface area contributed by atoms with E-state index in [1.807, 2.05) is 56.5 Å². The lowest BCUT2D eigenvalue weighted by atomic mass is 10.1. The first-order valence-corrected chi connectivity index (χ1v) is 21.3. The highest BCUT2D eigenvalue weighted by Crippen LogP contribution is 2.35. The number of carbonyl (C=O) groups excluding carboxylic acids is 3. The number of aromatic nitrogens is 10. The molecule has 5 N–H and O–H groups in total. The second-order valence-corrected chi connectivity index (χ2v) is 15.3. The smallest absolute Gasteiger partial charge is 0.276 e. The van der Waals surface area contributed by atoms with Gasteiger partial charge in [0.15, 0.2) is 0 Å². The third kappa shape index (κ3) is 9.09. The second-order valence-electron chi connectivity index (χ2n) is 15.3. The molecule has 1 saturated heterocycles. The summed E-state index contributed by atoms with van der Waals surface area (Å²) in [4.78, 5) is 59.7. The summed E-state index contributed by atoms with van der Waals surface area (Å²) in [5, 5.41) is 14.9. The number of hydrogen-bond acceptors (Lipinski definition) is 12. The summed E-state index contributed by atoms with van der Waals surface area (Å²) in [7, 11) is 1.49. The number of carbonyl (C=O) groups is 3. The zero-order valence-electron chi connectivity index (χ0n) is 36.6. The van der Waals surface area contributed by atoms with Crippen LogP contribution in [0, 0.1) is 13.8 Å². The zero-order chi connectivity index (χ0) is 44.9. The van der Waals surface area contributed by atoms with Crippen LogP contribution in [-0.2, 0) is 30.9 Å². The Balaban J connectivity index is 1.16. The van der Waals surface area contributed by atoms with E-state index in [-0.39, 0.29) is 30.5 Å². The lowest BCUT2D eigenvalue weighted by molar-refractivity contribution is 0.0358. The number of aromatic amines is 1. The minimum absolute atomic E-state index is 0.204. The SMILES string of the molecule is CCn1nc(C)cc1C(=O)Nc1nc2cc(C(N)=O)cc(OC)c2n1C/C=C/Cn1c(NC(=O)c2cc(C)nn2CC)nc2cc(-c3ncc[nH]3)cc(OCCCN3CCOCC3)c21. The number of allylic oxidation sites excluding steroid dienone is 2. The maximum atomic E-state index is 13.9. The number of benzene rings is 2. The number of nitrogens with one attached hydrogen (secondary N) is 3. The van der Waals surface area contributed by atoms with Gasteiger partial charge >= 0.3 is 0 Å². The third-order valence-electron chi connectivity index (χ3n) is 10.9. The maximum Gasteiger partial charge on any atom is 0.276 e. The molecule has 3 amide bonds. The van der Waals surface area contributed by atoms with Crippen LogP contribution in [0.4, 0.5) is 11.9 Å². The Kier molecular flexibility index (Phi) is 12.8. The molecule has 0 atom stereocenters. The second kappa shape index (κ2) is 19.0. The number of rotatable bonds is 18. The van der Waals surface area contributed by atoms with E-state index in [1.165, 1.54) is 7.11 Å². The van der Waals surface area contributed by atoms with Gasteiger partial charge in [0.1, 0.15) is 39.7 Å². The van der Waals surface area contributed by atoms with Crippen LogP contribution in [0.15, 0.2) is 60.9 Å². The van der Waals surface area contributed by atoms with Crippen LogP contribution in [0.2, 0.25) is 0 Å². The van der Waals surface area contributed by atoms with Crippen molar-refractivity contribution in [1.82, 2.24) is 53.5 Å². The van der Waals surface area contributed by atoms with Crippen molar-refractivity contribution in [1.29, 1.82) is 0 Å². The normalized spacial score (nSPS) is 13.3. The van der Waals surface area contributed by atoms with E-state index in [9.17, 15) is 14.4 Å². The van der Waals surface area contributed by atoms with Crippen molar-refractivity contribution in [2.24, 2.45) is 5.73 Å². The monoisotopic (exact) mass is 872 g/mol. The highest BCUT2D eigenvalue weighted by molar-refractivity contribution is 6.05. The summed E-state index contributed by atoms with van der Waals surface area (Å²) in [6, 6.07) is 10.4. The van der Waals surface area contributed by atoms with E-state index in [2.05, 4.69) is 35.7 Å². The van der Waals surface area contributed by atoms with Gasteiger partial charge in [0.2, 0.25) is 17.8 Å². The van der Waals surface area contributed by atoms with Crippen LogP contribution >= 0.6 is 0 Å². The molecule has 0 spiro atoms. The highest BCUT2D eigenvalue weighted by Gasteiger charge is 2.24. The summed E-state index contributed by atoms with van der Waals surface area (Å²) in [5.41, 5.74) is 11.0. The Morgan fingerprint density at radius 3 is 1.97 bits per heavy atom.